The number of rotatable bonds is 8. The minimum Gasteiger partial charge on any atom is -0.492 e. The maximum atomic E-state index is 12.5. The number of carbonyl (C=O) groups excluding carboxylic acids is 2. The molecule has 0 atom stereocenters. The number of hydrogen-bond acceptors (Lipinski definition) is 3. The summed E-state index contributed by atoms with van der Waals surface area (Å²) in [6, 6.07) is 12.1. The van der Waals surface area contributed by atoms with Gasteiger partial charge in [-0.05, 0) is 65.7 Å². The van der Waals surface area contributed by atoms with Gasteiger partial charge in [-0.1, -0.05) is 19.4 Å². The lowest BCUT2D eigenvalue weighted by Crippen LogP contribution is -2.22. The lowest BCUT2D eigenvalue weighted by molar-refractivity contribution is 0.0954. The molecule has 0 saturated carbocycles. The normalized spacial score (nSPS) is 10.3. The third kappa shape index (κ3) is 5.59. The molecule has 26 heavy (non-hydrogen) atoms. The van der Waals surface area contributed by atoms with Crippen molar-refractivity contribution in [2.24, 2.45) is 0 Å². The largest absolute Gasteiger partial charge is 0.492 e. The van der Waals surface area contributed by atoms with Crippen LogP contribution in [0.2, 0.25) is 0 Å². The van der Waals surface area contributed by atoms with E-state index in [1.54, 1.807) is 42.5 Å². The molecule has 0 spiro atoms. The second-order valence-electron chi connectivity index (χ2n) is 5.74. The lowest BCUT2D eigenvalue weighted by Gasteiger charge is -2.10. The van der Waals surface area contributed by atoms with Crippen molar-refractivity contribution in [3.05, 3.63) is 58.1 Å². The van der Waals surface area contributed by atoms with Gasteiger partial charge >= 0.3 is 0 Å². The molecule has 2 aromatic rings. The van der Waals surface area contributed by atoms with Gasteiger partial charge in [-0.3, -0.25) is 9.59 Å². The van der Waals surface area contributed by atoms with Crippen molar-refractivity contribution in [3.8, 4) is 5.75 Å². The highest BCUT2D eigenvalue weighted by atomic mass is 79.9. The van der Waals surface area contributed by atoms with E-state index in [9.17, 15) is 9.59 Å². The van der Waals surface area contributed by atoms with E-state index in [0.717, 1.165) is 17.3 Å². The van der Waals surface area contributed by atoms with Crippen LogP contribution in [-0.4, -0.2) is 25.0 Å². The number of halogens is 1. The van der Waals surface area contributed by atoms with Crippen molar-refractivity contribution in [3.63, 3.8) is 0 Å². The van der Waals surface area contributed by atoms with Gasteiger partial charge < -0.3 is 15.4 Å². The molecule has 0 fully saturated rings. The highest BCUT2D eigenvalue weighted by Crippen LogP contribution is 2.26. The van der Waals surface area contributed by atoms with Gasteiger partial charge in [-0.15, -0.1) is 0 Å². The fourth-order valence-electron chi connectivity index (χ4n) is 2.29. The second-order valence-corrected chi connectivity index (χ2v) is 6.60. The molecule has 5 nitrogen and oxygen atoms in total. The van der Waals surface area contributed by atoms with Crippen molar-refractivity contribution in [2.45, 2.75) is 26.7 Å². The summed E-state index contributed by atoms with van der Waals surface area (Å²) in [7, 11) is 0. The predicted octanol–water partition coefficient (Wildman–Crippen LogP) is 4.63. The minimum absolute atomic E-state index is 0.167. The van der Waals surface area contributed by atoms with Crippen molar-refractivity contribution in [2.75, 3.05) is 18.5 Å². The molecule has 6 heteroatoms. The highest BCUT2D eigenvalue weighted by molar-refractivity contribution is 9.10. The first-order chi connectivity index (χ1) is 12.5. The molecular weight excluding hydrogens is 396 g/mol. The van der Waals surface area contributed by atoms with E-state index in [-0.39, 0.29) is 11.8 Å². The number of amides is 2. The average molecular weight is 419 g/mol. The molecule has 2 aromatic carbocycles. The van der Waals surface area contributed by atoms with Gasteiger partial charge in [0.05, 0.1) is 11.1 Å². The Labute approximate surface area is 162 Å². The molecular formula is C20H23BrN2O3. The Morgan fingerprint density at radius 2 is 1.81 bits per heavy atom. The van der Waals surface area contributed by atoms with Gasteiger partial charge in [0.15, 0.2) is 0 Å². The number of anilines is 1. The molecule has 0 aliphatic rings. The summed E-state index contributed by atoms with van der Waals surface area (Å²) in [5, 5.41) is 5.55. The van der Waals surface area contributed by atoms with Crippen LogP contribution in [0, 0.1) is 0 Å². The lowest BCUT2D eigenvalue weighted by atomic mass is 10.1. The van der Waals surface area contributed by atoms with Gasteiger partial charge in [0, 0.05) is 23.4 Å². The van der Waals surface area contributed by atoms with E-state index in [1.165, 1.54) is 0 Å². The standard InChI is InChI=1S/C20H23BrN2O3/c1-3-5-11-26-18-10-9-15(13-17(18)21)20(25)23-16-8-6-7-14(12-16)19(24)22-4-2/h6-10,12-13H,3-5,11H2,1-2H3,(H,22,24)(H,23,25). The molecule has 0 radical (unpaired) electrons. The Bertz CT molecular complexity index is 777. The number of benzene rings is 2. The van der Waals surface area contributed by atoms with E-state index >= 15 is 0 Å². The predicted molar refractivity (Wildman–Crippen MR) is 107 cm³/mol. The molecule has 0 aliphatic carbocycles. The molecule has 0 aromatic heterocycles. The molecule has 0 heterocycles. The summed E-state index contributed by atoms with van der Waals surface area (Å²) < 4.78 is 6.41. The summed E-state index contributed by atoms with van der Waals surface area (Å²) >= 11 is 3.44. The molecule has 0 bridgehead atoms. The summed E-state index contributed by atoms with van der Waals surface area (Å²) in [4.78, 5) is 24.4. The summed E-state index contributed by atoms with van der Waals surface area (Å²) in [5.41, 5.74) is 1.58. The van der Waals surface area contributed by atoms with Crippen LogP contribution in [0.25, 0.3) is 0 Å². The van der Waals surface area contributed by atoms with E-state index in [1.807, 2.05) is 6.92 Å². The number of carbonyl (C=O) groups is 2. The third-order valence-electron chi connectivity index (χ3n) is 3.67. The Hall–Kier alpha value is -2.34. The molecule has 0 aliphatic heterocycles. The molecule has 2 N–H and O–H groups in total. The van der Waals surface area contributed by atoms with E-state index in [0.29, 0.717) is 35.7 Å². The van der Waals surface area contributed by atoms with Crippen LogP contribution in [0.15, 0.2) is 46.9 Å². The Morgan fingerprint density at radius 3 is 2.50 bits per heavy atom. The van der Waals surface area contributed by atoms with Crippen molar-refractivity contribution in [1.29, 1.82) is 0 Å². The molecule has 2 rings (SSSR count). The Balaban J connectivity index is 2.07. The number of nitrogens with one attached hydrogen (secondary N) is 2. The van der Waals surface area contributed by atoms with Crippen LogP contribution in [0.3, 0.4) is 0 Å². The number of hydrogen-bond donors (Lipinski definition) is 2. The van der Waals surface area contributed by atoms with Crippen LogP contribution in [0.1, 0.15) is 47.4 Å². The van der Waals surface area contributed by atoms with Crippen LogP contribution >= 0.6 is 15.9 Å². The third-order valence-corrected chi connectivity index (χ3v) is 4.29. The van der Waals surface area contributed by atoms with Gasteiger partial charge in [0.25, 0.3) is 11.8 Å². The fraction of sp³-hybridized carbons (Fsp3) is 0.300. The quantitative estimate of drug-likeness (QED) is 0.613. The fourth-order valence-corrected chi connectivity index (χ4v) is 2.78. The maximum absolute atomic E-state index is 12.5. The van der Waals surface area contributed by atoms with Gasteiger partial charge in [-0.25, -0.2) is 0 Å². The van der Waals surface area contributed by atoms with Crippen LogP contribution < -0.4 is 15.4 Å². The zero-order valence-electron chi connectivity index (χ0n) is 15.0. The van der Waals surface area contributed by atoms with Crippen molar-refractivity contribution < 1.29 is 14.3 Å². The number of ether oxygens (including phenoxy) is 1. The van der Waals surface area contributed by atoms with E-state index in [2.05, 4.69) is 33.5 Å². The van der Waals surface area contributed by atoms with Crippen LogP contribution in [0.5, 0.6) is 5.75 Å². The Kier molecular flexibility index (Phi) is 7.66. The molecule has 0 unspecified atom stereocenters. The number of unbranched alkanes of at least 4 members (excludes halogenated alkanes) is 1. The summed E-state index contributed by atoms with van der Waals surface area (Å²) in [6.07, 6.45) is 2.05. The maximum Gasteiger partial charge on any atom is 0.255 e. The Morgan fingerprint density at radius 1 is 1.04 bits per heavy atom. The zero-order chi connectivity index (χ0) is 18.9. The zero-order valence-corrected chi connectivity index (χ0v) is 16.6. The van der Waals surface area contributed by atoms with E-state index < -0.39 is 0 Å². The average Bonchev–Trinajstić information content (AvgIpc) is 2.63. The first-order valence-corrected chi connectivity index (χ1v) is 9.46. The molecule has 2 amide bonds. The van der Waals surface area contributed by atoms with Gasteiger partial charge in [0.1, 0.15) is 5.75 Å². The van der Waals surface area contributed by atoms with Crippen LogP contribution in [0.4, 0.5) is 5.69 Å². The second kappa shape index (κ2) is 9.97. The smallest absolute Gasteiger partial charge is 0.255 e. The SMILES string of the molecule is CCCCOc1ccc(C(=O)Nc2cccc(C(=O)NCC)c2)cc1Br. The minimum atomic E-state index is -0.251. The summed E-state index contributed by atoms with van der Waals surface area (Å²) in [6.45, 7) is 5.16. The van der Waals surface area contributed by atoms with Crippen LogP contribution in [-0.2, 0) is 0 Å². The molecule has 0 saturated heterocycles. The first kappa shape index (κ1) is 20.0. The first-order valence-electron chi connectivity index (χ1n) is 8.67. The highest BCUT2D eigenvalue weighted by Gasteiger charge is 2.11. The van der Waals surface area contributed by atoms with Crippen molar-refractivity contribution >= 4 is 33.4 Å². The van der Waals surface area contributed by atoms with Gasteiger partial charge in [0.2, 0.25) is 0 Å². The van der Waals surface area contributed by atoms with E-state index in [4.69, 9.17) is 4.74 Å². The summed E-state index contributed by atoms with van der Waals surface area (Å²) in [5.74, 6) is 0.298. The topological polar surface area (TPSA) is 67.4 Å². The van der Waals surface area contributed by atoms with Crippen molar-refractivity contribution in [1.82, 2.24) is 5.32 Å². The van der Waals surface area contributed by atoms with Gasteiger partial charge in [-0.2, -0.15) is 0 Å². The molecule has 138 valence electrons. The monoisotopic (exact) mass is 418 g/mol.